The van der Waals surface area contributed by atoms with Gasteiger partial charge in [0.05, 0.1) is 11.5 Å². The third-order valence-electron chi connectivity index (χ3n) is 2.97. The summed E-state index contributed by atoms with van der Waals surface area (Å²) in [5.74, 6) is 0. The van der Waals surface area contributed by atoms with Crippen LogP contribution < -0.4 is 0 Å². The number of ether oxygens (including phenoxy) is 1. The zero-order valence-corrected chi connectivity index (χ0v) is 9.34. The highest BCUT2D eigenvalue weighted by Crippen LogP contribution is 2.33. The minimum absolute atomic E-state index is 0.0644. The molecule has 1 heterocycles. The predicted octanol–water partition coefficient (Wildman–Crippen LogP) is -0.251. The largest absolute Gasteiger partial charge is 0.394 e. The van der Waals surface area contributed by atoms with Crippen LogP contribution >= 0.6 is 0 Å². The molecule has 1 fully saturated rings. The van der Waals surface area contributed by atoms with Gasteiger partial charge in [0.2, 0.25) is 0 Å². The first-order valence-corrected chi connectivity index (χ1v) is 5.41. The van der Waals surface area contributed by atoms with Crippen LogP contribution in [-0.4, -0.2) is 45.2 Å². The van der Waals surface area contributed by atoms with Gasteiger partial charge in [-0.2, -0.15) is 0 Å². The van der Waals surface area contributed by atoms with Gasteiger partial charge in [-0.25, -0.2) is 0 Å². The first-order chi connectivity index (χ1) is 8.54. The molecule has 4 atom stereocenters. The predicted molar refractivity (Wildman–Crippen MR) is 59.8 cm³/mol. The average molecular weight is 255 g/mol. The fourth-order valence-corrected chi connectivity index (χ4v) is 1.96. The number of rotatable bonds is 3. The summed E-state index contributed by atoms with van der Waals surface area (Å²) in [6.07, 6.45) is -3.98. The lowest BCUT2D eigenvalue weighted by Crippen LogP contribution is -2.32. The standard InChI is InChI=1S/C11H13NO6/c13-5-8-9(14)10(15)11(18-8)6-1-3-7(4-2-6)12(16)17/h1-4,8-11,13-15H,5H2/t8-,9-,10-,11?/m1/s1. The second-order valence-corrected chi connectivity index (χ2v) is 4.11. The lowest BCUT2D eigenvalue weighted by molar-refractivity contribution is -0.384. The van der Waals surface area contributed by atoms with E-state index in [1.165, 1.54) is 24.3 Å². The van der Waals surface area contributed by atoms with Gasteiger partial charge in [0.15, 0.2) is 0 Å². The maximum atomic E-state index is 10.5. The number of hydrogen-bond acceptors (Lipinski definition) is 6. The number of nitrogens with zero attached hydrogens (tertiary/aromatic N) is 1. The summed E-state index contributed by atoms with van der Waals surface area (Å²) >= 11 is 0. The smallest absolute Gasteiger partial charge is 0.269 e. The number of nitro groups is 1. The molecule has 0 saturated carbocycles. The molecular weight excluding hydrogens is 242 g/mol. The zero-order valence-electron chi connectivity index (χ0n) is 9.34. The van der Waals surface area contributed by atoms with Gasteiger partial charge in [-0.3, -0.25) is 10.1 Å². The summed E-state index contributed by atoms with van der Waals surface area (Å²) in [6, 6.07) is 5.51. The number of benzene rings is 1. The van der Waals surface area contributed by atoms with Crippen molar-refractivity contribution in [1.29, 1.82) is 0 Å². The van der Waals surface area contributed by atoms with Gasteiger partial charge >= 0.3 is 0 Å². The highest BCUT2D eigenvalue weighted by molar-refractivity contribution is 5.34. The van der Waals surface area contributed by atoms with Crippen LogP contribution in [0, 0.1) is 10.1 Å². The van der Waals surface area contributed by atoms with Crippen LogP contribution in [0.2, 0.25) is 0 Å². The van der Waals surface area contributed by atoms with Crippen molar-refractivity contribution in [1.82, 2.24) is 0 Å². The van der Waals surface area contributed by atoms with Crippen LogP contribution in [0.25, 0.3) is 0 Å². The molecule has 0 aromatic heterocycles. The normalized spacial score (nSPS) is 31.5. The van der Waals surface area contributed by atoms with Crippen LogP contribution in [0.1, 0.15) is 11.7 Å². The Morgan fingerprint density at radius 1 is 1.22 bits per heavy atom. The van der Waals surface area contributed by atoms with Gasteiger partial charge in [-0.15, -0.1) is 0 Å². The van der Waals surface area contributed by atoms with Crippen molar-refractivity contribution in [3.8, 4) is 0 Å². The Morgan fingerprint density at radius 2 is 1.83 bits per heavy atom. The van der Waals surface area contributed by atoms with Crippen molar-refractivity contribution in [2.45, 2.75) is 24.4 Å². The van der Waals surface area contributed by atoms with Gasteiger partial charge in [-0.1, -0.05) is 0 Å². The Balaban J connectivity index is 2.19. The van der Waals surface area contributed by atoms with Gasteiger partial charge in [0, 0.05) is 12.1 Å². The maximum Gasteiger partial charge on any atom is 0.269 e. The number of non-ortho nitro benzene ring substituents is 1. The van der Waals surface area contributed by atoms with E-state index in [0.717, 1.165) is 0 Å². The minimum Gasteiger partial charge on any atom is -0.394 e. The molecule has 98 valence electrons. The molecule has 1 unspecified atom stereocenters. The molecule has 1 saturated heterocycles. The lowest BCUT2D eigenvalue weighted by atomic mass is 10.0. The highest BCUT2D eigenvalue weighted by Gasteiger charge is 2.42. The molecule has 1 aromatic rings. The molecule has 1 aliphatic rings. The molecule has 1 aliphatic heterocycles. The van der Waals surface area contributed by atoms with Gasteiger partial charge in [0.25, 0.3) is 5.69 Å². The molecular formula is C11H13NO6. The molecule has 7 heteroatoms. The maximum absolute atomic E-state index is 10.5. The SMILES string of the molecule is O=[N+]([O-])c1ccc(C2O[C@H](CO)[C@@H](O)[C@H]2O)cc1. The van der Waals surface area contributed by atoms with Crippen LogP contribution in [0.5, 0.6) is 0 Å². The van der Waals surface area contributed by atoms with Gasteiger partial charge in [-0.05, 0) is 17.7 Å². The van der Waals surface area contributed by atoms with Crippen LogP contribution in [0.3, 0.4) is 0 Å². The average Bonchev–Trinajstić information content (AvgIpc) is 2.66. The first kappa shape index (κ1) is 12.9. The van der Waals surface area contributed by atoms with Crippen LogP contribution in [-0.2, 0) is 4.74 Å². The molecule has 3 N–H and O–H groups in total. The third kappa shape index (κ3) is 2.21. The molecule has 7 nitrogen and oxygen atoms in total. The van der Waals surface area contributed by atoms with E-state index in [2.05, 4.69) is 0 Å². The van der Waals surface area contributed by atoms with Crippen molar-refractivity contribution in [2.75, 3.05) is 6.61 Å². The van der Waals surface area contributed by atoms with E-state index in [1.54, 1.807) is 0 Å². The van der Waals surface area contributed by atoms with Crippen molar-refractivity contribution in [3.63, 3.8) is 0 Å². The number of hydrogen-bond donors (Lipinski definition) is 3. The lowest BCUT2D eigenvalue weighted by Gasteiger charge is -2.14. The Labute approximate surface area is 102 Å². The van der Waals surface area contributed by atoms with Crippen molar-refractivity contribution < 1.29 is 25.0 Å². The summed E-state index contributed by atoms with van der Waals surface area (Å²) in [5.41, 5.74) is 0.452. The monoisotopic (exact) mass is 255 g/mol. The molecule has 0 radical (unpaired) electrons. The van der Waals surface area contributed by atoms with Crippen LogP contribution in [0.15, 0.2) is 24.3 Å². The van der Waals surface area contributed by atoms with E-state index >= 15 is 0 Å². The third-order valence-corrected chi connectivity index (χ3v) is 2.97. The number of nitro benzene ring substituents is 1. The molecule has 0 amide bonds. The van der Waals surface area contributed by atoms with Crippen LogP contribution in [0.4, 0.5) is 5.69 Å². The van der Waals surface area contributed by atoms with E-state index in [4.69, 9.17) is 9.84 Å². The van der Waals surface area contributed by atoms with Gasteiger partial charge < -0.3 is 20.1 Å². The van der Waals surface area contributed by atoms with Crippen molar-refractivity contribution in [3.05, 3.63) is 39.9 Å². The van der Waals surface area contributed by atoms with Crippen molar-refractivity contribution in [2.24, 2.45) is 0 Å². The number of aliphatic hydroxyl groups is 3. The first-order valence-electron chi connectivity index (χ1n) is 5.41. The van der Waals surface area contributed by atoms with E-state index in [-0.39, 0.29) is 5.69 Å². The summed E-state index contributed by atoms with van der Waals surface area (Å²) in [7, 11) is 0. The summed E-state index contributed by atoms with van der Waals surface area (Å²) in [6.45, 7) is -0.401. The van der Waals surface area contributed by atoms with Crippen molar-refractivity contribution >= 4 is 5.69 Å². The second-order valence-electron chi connectivity index (χ2n) is 4.11. The highest BCUT2D eigenvalue weighted by atomic mass is 16.6. The Kier molecular flexibility index (Phi) is 3.58. The summed E-state index contributed by atoms with van der Waals surface area (Å²) in [5, 5.41) is 38.8. The Hall–Kier alpha value is -1.54. The summed E-state index contributed by atoms with van der Waals surface area (Å²) in [4.78, 5) is 9.97. The number of aliphatic hydroxyl groups excluding tert-OH is 3. The quantitative estimate of drug-likeness (QED) is 0.507. The van der Waals surface area contributed by atoms with E-state index < -0.39 is 35.9 Å². The van der Waals surface area contributed by atoms with E-state index in [0.29, 0.717) is 5.56 Å². The fraction of sp³-hybridized carbons (Fsp3) is 0.455. The Morgan fingerprint density at radius 3 is 2.28 bits per heavy atom. The molecule has 2 rings (SSSR count). The topological polar surface area (TPSA) is 113 Å². The molecule has 0 bridgehead atoms. The second kappa shape index (κ2) is 4.99. The Bertz CT molecular complexity index is 434. The molecule has 0 aliphatic carbocycles. The minimum atomic E-state index is -1.17. The summed E-state index contributed by atoms with van der Waals surface area (Å²) < 4.78 is 5.30. The van der Waals surface area contributed by atoms with E-state index in [9.17, 15) is 20.3 Å². The molecule has 18 heavy (non-hydrogen) atoms. The van der Waals surface area contributed by atoms with Gasteiger partial charge in [0.1, 0.15) is 24.4 Å². The van der Waals surface area contributed by atoms with E-state index in [1.807, 2.05) is 0 Å². The zero-order chi connectivity index (χ0) is 13.3. The molecule has 1 aromatic carbocycles. The fourth-order valence-electron chi connectivity index (χ4n) is 1.96. The molecule has 0 spiro atoms.